The summed E-state index contributed by atoms with van der Waals surface area (Å²) < 4.78 is 1.77. The summed E-state index contributed by atoms with van der Waals surface area (Å²) in [5.74, 6) is 0. The van der Waals surface area contributed by atoms with E-state index in [9.17, 15) is 0 Å². The summed E-state index contributed by atoms with van der Waals surface area (Å²) in [4.78, 5) is 0. The molecule has 0 aliphatic rings. The molecule has 1 heterocycles. The third kappa shape index (κ3) is 1.56. The standard InChI is InChI=1S/C13H10ClN3/c14-10-5-3-4-9-8-16-17(13(9)10)12-7-2-1-6-11(12)15/h1-8H,15H2. The average molecular weight is 244 g/mol. The first kappa shape index (κ1) is 10.2. The molecule has 3 rings (SSSR count). The van der Waals surface area contributed by atoms with Gasteiger partial charge in [-0.15, -0.1) is 0 Å². The van der Waals surface area contributed by atoms with Crippen LogP contribution >= 0.6 is 11.6 Å². The molecule has 0 unspecified atom stereocenters. The molecule has 1 aromatic heterocycles. The van der Waals surface area contributed by atoms with Crippen molar-refractivity contribution in [1.29, 1.82) is 0 Å². The molecule has 0 aliphatic heterocycles. The fourth-order valence-corrected chi connectivity index (χ4v) is 2.16. The highest BCUT2D eigenvalue weighted by atomic mass is 35.5. The fraction of sp³-hybridized carbons (Fsp3) is 0. The number of fused-ring (bicyclic) bond motifs is 1. The molecule has 17 heavy (non-hydrogen) atoms. The predicted octanol–water partition coefficient (Wildman–Crippen LogP) is 3.26. The van der Waals surface area contributed by atoms with Crippen molar-refractivity contribution in [3.05, 3.63) is 53.7 Å². The van der Waals surface area contributed by atoms with Gasteiger partial charge in [0.15, 0.2) is 0 Å². The van der Waals surface area contributed by atoms with Crippen molar-refractivity contribution < 1.29 is 0 Å². The molecule has 0 aliphatic carbocycles. The molecular weight excluding hydrogens is 234 g/mol. The lowest BCUT2D eigenvalue weighted by Gasteiger charge is -2.07. The summed E-state index contributed by atoms with van der Waals surface area (Å²) in [6.45, 7) is 0. The number of hydrogen-bond acceptors (Lipinski definition) is 2. The van der Waals surface area contributed by atoms with Crippen LogP contribution in [0.2, 0.25) is 5.02 Å². The monoisotopic (exact) mass is 243 g/mol. The van der Waals surface area contributed by atoms with E-state index in [1.165, 1.54) is 0 Å². The number of para-hydroxylation sites is 3. The molecule has 84 valence electrons. The second-order valence-corrected chi connectivity index (χ2v) is 4.20. The molecule has 2 aromatic carbocycles. The van der Waals surface area contributed by atoms with Gasteiger partial charge in [0, 0.05) is 5.39 Å². The molecule has 0 radical (unpaired) electrons. The zero-order valence-electron chi connectivity index (χ0n) is 8.97. The molecule has 0 spiro atoms. The molecule has 0 bridgehead atoms. The predicted molar refractivity (Wildman–Crippen MR) is 70.5 cm³/mol. The van der Waals surface area contributed by atoms with Crippen molar-refractivity contribution in [2.45, 2.75) is 0 Å². The first-order valence-corrected chi connectivity index (χ1v) is 5.62. The molecule has 0 amide bonds. The van der Waals surface area contributed by atoms with Crippen molar-refractivity contribution in [3.8, 4) is 5.69 Å². The van der Waals surface area contributed by atoms with Gasteiger partial charge in [-0.1, -0.05) is 35.9 Å². The third-order valence-corrected chi connectivity index (χ3v) is 3.01. The maximum Gasteiger partial charge on any atom is 0.0928 e. The number of halogens is 1. The van der Waals surface area contributed by atoms with Gasteiger partial charge in [-0.3, -0.25) is 0 Å². The third-order valence-electron chi connectivity index (χ3n) is 2.71. The highest BCUT2D eigenvalue weighted by Crippen LogP contribution is 2.27. The number of nitrogen functional groups attached to an aromatic ring is 1. The van der Waals surface area contributed by atoms with Crippen LogP contribution in [-0.4, -0.2) is 9.78 Å². The van der Waals surface area contributed by atoms with Crippen LogP contribution < -0.4 is 5.73 Å². The second-order valence-electron chi connectivity index (χ2n) is 3.79. The molecule has 3 nitrogen and oxygen atoms in total. The van der Waals surface area contributed by atoms with Crippen LogP contribution in [-0.2, 0) is 0 Å². The molecular formula is C13H10ClN3. The minimum atomic E-state index is 0.670. The van der Waals surface area contributed by atoms with Gasteiger partial charge in [0.25, 0.3) is 0 Å². The maximum absolute atomic E-state index is 6.20. The minimum absolute atomic E-state index is 0.670. The highest BCUT2D eigenvalue weighted by molar-refractivity contribution is 6.35. The lowest BCUT2D eigenvalue weighted by Crippen LogP contribution is -2.00. The van der Waals surface area contributed by atoms with Crippen molar-refractivity contribution >= 4 is 28.2 Å². The Balaban J connectivity index is 2.36. The Bertz CT molecular complexity index is 688. The Labute approximate surface area is 103 Å². The van der Waals surface area contributed by atoms with Crippen LogP contribution in [0, 0.1) is 0 Å². The van der Waals surface area contributed by atoms with Gasteiger partial charge >= 0.3 is 0 Å². The smallest absolute Gasteiger partial charge is 0.0928 e. The first-order chi connectivity index (χ1) is 8.27. The molecule has 2 N–H and O–H groups in total. The minimum Gasteiger partial charge on any atom is -0.397 e. The highest BCUT2D eigenvalue weighted by Gasteiger charge is 2.09. The van der Waals surface area contributed by atoms with Crippen molar-refractivity contribution in [3.63, 3.8) is 0 Å². The van der Waals surface area contributed by atoms with Gasteiger partial charge < -0.3 is 5.73 Å². The number of aromatic nitrogens is 2. The molecule has 0 atom stereocenters. The van der Waals surface area contributed by atoms with E-state index in [1.807, 2.05) is 42.5 Å². The van der Waals surface area contributed by atoms with E-state index in [0.29, 0.717) is 10.7 Å². The number of nitrogens with zero attached hydrogens (tertiary/aromatic N) is 2. The summed E-state index contributed by atoms with van der Waals surface area (Å²) in [6, 6.07) is 13.3. The van der Waals surface area contributed by atoms with Crippen LogP contribution in [0.1, 0.15) is 0 Å². The lowest BCUT2D eigenvalue weighted by atomic mass is 10.2. The first-order valence-electron chi connectivity index (χ1n) is 5.24. The van der Waals surface area contributed by atoms with Crippen LogP contribution in [0.3, 0.4) is 0 Å². The molecule has 3 aromatic rings. The van der Waals surface area contributed by atoms with Crippen LogP contribution in [0.25, 0.3) is 16.6 Å². The van der Waals surface area contributed by atoms with Gasteiger partial charge in [-0.05, 0) is 18.2 Å². The SMILES string of the molecule is Nc1ccccc1-n1ncc2cccc(Cl)c21. The van der Waals surface area contributed by atoms with Crippen LogP contribution in [0.4, 0.5) is 5.69 Å². The van der Waals surface area contributed by atoms with E-state index in [0.717, 1.165) is 16.6 Å². The number of hydrogen-bond donors (Lipinski definition) is 1. The van der Waals surface area contributed by atoms with Gasteiger partial charge in [0.2, 0.25) is 0 Å². The summed E-state index contributed by atoms with van der Waals surface area (Å²) in [6.07, 6.45) is 1.79. The van der Waals surface area contributed by atoms with E-state index in [4.69, 9.17) is 17.3 Å². The lowest BCUT2D eigenvalue weighted by molar-refractivity contribution is 0.913. The summed E-state index contributed by atoms with van der Waals surface area (Å²) >= 11 is 6.20. The Hall–Kier alpha value is -2.00. The Morgan fingerprint density at radius 3 is 2.71 bits per heavy atom. The molecule has 4 heteroatoms. The van der Waals surface area contributed by atoms with Crippen molar-refractivity contribution in [2.75, 3.05) is 5.73 Å². The van der Waals surface area contributed by atoms with Gasteiger partial charge in [0.1, 0.15) is 0 Å². The van der Waals surface area contributed by atoms with Gasteiger partial charge in [0.05, 0.1) is 28.1 Å². The van der Waals surface area contributed by atoms with Crippen molar-refractivity contribution in [1.82, 2.24) is 9.78 Å². The Kier molecular flexibility index (Phi) is 2.27. The largest absolute Gasteiger partial charge is 0.397 e. The van der Waals surface area contributed by atoms with E-state index in [-0.39, 0.29) is 0 Å². The topological polar surface area (TPSA) is 43.8 Å². The summed E-state index contributed by atoms with van der Waals surface area (Å²) in [5.41, 5.74) is 8.35. The summed E-state index contributed by atoms with van der Waals surface area (Å²) in [5, 5.41) is 6.01. The van der Waals surface area contributed by atoms with Crippen LogP contribution in [0.5, 0.6) is 0 Å². The molecule has 0 fully saturated rings. The average Bonchev–Trinajstić information content (AvgIpc) is 2.75. The van der Waals surface area contributed by atoms with E-state index < -0.39 is 0 Å². The number of rotatable bonds is 1. The number of anilines is 1. The number of benzene rings is 2. The fourth-order valence-electron chi connectivity index (χ4n) is 1.90. The Morgan fingerprint density at radius 2 is 1.88 bits per heavy atom. The van der Waals surface area contributed by atoms with Crippen LogP contribution in [0.15, 0.2) is 48.7 Å². The van der Waals surface area contributed by atoms with Crippen molar-refractivity contribution in [2.24, 2.45) is 0 Å². The maximum atomic E-state index is 6.20. The second kappa shape index (κ2) is 3.79. The molecule has 0 saturated heterocycles. The zero-order chi connectivity index (χ0) is 11.8. The summed E-state index contributed by atoms with van der Waals surface area (Å²) in [7, 11) is 0. The van der Waals surface area contributed by atoms with E-state index in [2.05, 4.69) is 5.10 Å². The quantitative estimate of drug-likeness (QED) is 0.667. The van der Waals surface area contributed by atoms with E-state index >= 15 is 0 Å². The Morgan fingerprint density at radius 1 is 1.06 bits per heavy atom. The zero-order valence-corrected chi connectivity index (χ0v) is 9.72. The van der Waals surface area contributed by atoms with Gasteiger partial charge in [-0.25, -0.2) is 4.68 Å². The number of nitrogens with two attached hydrogens (primary N) is 1. The van der Waals surface area contributed by atoms with Gasteiger partial charge in [-0.2, -0.15) is 5.10 Å². The normalized spacial score (nSPS) is 10.9. The molecule has 0 saturated carbocycles. The van der Waals surface area contributed by atoms with E-state index in [1.54, 1.807) is 10.9 Å².